The molecule has 1 amide bonds. The molecule has 5 nitrogen and oxygen atoms in total. The molecule has 2 aromatic rings. The van der Waals surface area contributed by atoms with Crippen molar-refractivity contribution in [3.63, 3.8) is 0 Å². The van der Waals surface area contributed by atoms with Crippen LogP contribution in [0.5, 0.6) is 0 Å². The number of thioether (sulfide) groups is 1. The number of hydrogen-bond acceptors (Lipinski definition) is 6. The van der Waals surface area contributed by atoms with E-state index in [-0.39, 0.29) is 5.91 Å². The lowest BCUT2D eigenvalue weighted by Crippen LogP contribution is -2.17. The topological polar surface area (TPSA) is 68.0 Å². The highest BCUT2D eigenvalue weighted by atomic mass is 32.2. The summed E-state index contributed by atoms with van der Waals surface area (Å²) in [5.74, 6) is -0.168. The summed E-state index contributed by atoms with van der Waals surface area (Å²) < 4.78 is 5.08. The van der Waals surface area contributed by atoms with Crippen molar-refractivity contribution in [3.05, 3.63) is 28.7 Å². The van der Waals surface area contributed by atoms with Gasteiger partial charge in [-0.15, -0.1) is 0 Å². The zero-order valence-corrected chi connectivity index (χ0v) is 9.97. The number of benzene rings is 1. The Morgan fingerprint density at radius 2 is 2.18 bits per heavy atom. The average molecular weight is 263 g/mol. The van der Waals surface area contributed by atoms with E-state index in [1.165, 1.54) is 11.8 Å². The summed E-state index contributed by atoms with van der Waals surface area (Å²) in [4.78, 5) is 12.0. The van der Waals surface area contributed by atoms with Crippen LogP contribution in [0.4, 0.5) is 0 Å². The third kappa shape index (κ3) is 1.94. The summed E-state index contributed by atoms with van der Waals surface area (Å²) in [7, 11) is 0. The molecule has 0 radical (unpaired) electrons. The average Bonchev–Trinajstić information content (AvgIpc) is 2.85. The van der Waals surface area contributed by atoms with Gasteiger partial charge in [-0.1, -0.05) is 30.0 Å². The van der Waals surface area contributed by atoms with E-state index in [1.54, 1.807) is 18.2 Å². The molecule has 1 fully saturated rings. The second kappa shape index (κ2) is 3.94. The van der Waals surface area contributed by atoms with Crippen molar-refractivity contribution in [3.8, 4) is 0 Å². The van der Waals surface area contributed by atoms with Crippen molar-refractivity contribution in [1.29, 1.82) is 0 Å². The lowest BCUT2D eigenvalue weighted by molar-refractivity contribution is -0.115. The van der Waals surface area contributed by atoms with Crippen molar-refractivity contribution in [2.75, 3.05) is 0 Å². The molecule has 1 N–H and O–H groups in total. The maximum absolute atomic E-state index is 11.5. The number of carbonyl (C=O) groups excluding carboxylic acids is 1. The Morgan fingerprint density at radius 1 is 1.35 bits per heavy atom. The van der Waals surface area contributed by atoms with E-state index < -0.39 is 0 Å². The standard InChI is InChI=1S/C10H5N3O2S2/c14-9-8(17-10(16)11-9)4-5-1-2-6-7(3-5)13-15-12-6/h1-4H,(H,11,14,16)/b8-4-. The van der Waals surface area contributed by atoms with Crippen LogP contribution in [0.25, 0.3) is 17.1 Å². The maximum atomic E-state index is 11.5. The summed E-state index contributed by atoms with van der Waals surface area (Å²) in [5, 5.41) is 10.0. The van der Waals surface area contributed by atoms with Crippen LogP contribution in [0.2, 0.25) is 0 Å². The minimum atomic E-state index is -0.168. The van der Waals surface area contributed by atoms with Crippen LogP contribution >= 0.6 is 24.0 Å². The fourth-order valence-corrected chi connectivity index (χ4v) is 2.51. The maximum Gasteiger partial charge on any atom is 0.263 e. The Kier molecular flexibility index (Phi) is 2.41. The predicted octanol–water partition coefficient (Wildman–Crippen LogP) is 1.71. The van der Waals surface area contributed by atoms with E-state index in [0.717, 1.165) is 5.56 Å². The normalized spacial score (nSPS) is 18.0. The highest BCUT2D eigenvalue weighted by molar-refractivity contribution is 8.26. The Morgan fingerprint density at radius 3 is 2.94 bits per heavy atom. The van der Waals surface area contributed by atoms with Crippen LogP contribution in [-0.4, -0.2) is 20.5 Å². The molecule has 0 bridgehead atoms. The van der Waals surface area contributed by atoms with E-state index in [9.17, 15) is 4.79 Å². The van der Waals surface area contributed by atoms with Gasteiger partial charge in [0.1, 0.15) is 15.4 Å². The van der Waals surface area contributed by atoms with E-state index >= 15 is 0 Å². The van der Waals surface area contributed by atoms with E-state index in [2.05, 4.69) is 20.3 Å². The van der Waals surface area contributed by atoms with Gasteiger partial charge in [0.15, 0.2) is 0 Å². The highest BCUT2D eigenvalue weighted by Crippen LogP contribution is 2.26. The van der Waals surface area contributed by atoms with Crippen molar-refractivity contribution in [2.45, 2.75) is 0 Å². The number of carbonyl (C=O) groups is 1. The van der Waals surface area contributed by atoms with Crippen LogP contribution in [0.3, 0.4) is 0 Å². The SMILES string of the molecule is O=C1NC(=S)S/C1=C\c1ccc2nonc2c1. The van der Waals surface area contributed by atoms with Gasteiger partial charge in [-0.05, 0) is 34.1 Å². The monoisotopic (exact) mass is 263 g/mol. The Bertz CT molecular complexity index is 662. The Labute approximate surface area is 105 Å². The van der Waals surface area contributed by atoms with Gasteiger partial charge in [-0.3, -0.25) is 4.79 Å². The molecule has 1 aliphatic heterocycles. The zero-order chi connectivity index (χ0) is 11.8. The van der Waals surface area contributed by atoms with Crippen LogP contribution in [-0.2, 0) is 4.79 Å². The van der Waals surface area contributed by atoms with Gasteiger partial charge in [0, 0.05) is 0 Å². The summed E-state index contributed by atoms with van der Waals surface area (Å²) >= 11 is 6.15. The molecule has 1 aromatic heterocycles. The lowest BCUT2D eigenvalue weighted by atomic mass is 10.2. The van der Waals surface area contributed by atoms with E-state index in [1.807, 2.05) is 6.07 Å². The quantitative estimate of drug-likeness (QED) is 0.624. The zero-order valence-electron chi connectivity index (χ0n) is 8.34. The fraction of sp³-hybridized carbons (Fsp3) is 0. The van der Waals surface area contributed by atoms with Gasteiger partial charge >= 0.3 is 0 Å². The molecule has 1 aliphatic rings. The first-order valence-corrected chi connectivity index (χ1v) is 5.92. The number of aromatic nitrogens is 2. The molecule has 7 heteroatoms. The first-order chi connectivity index (χ1) is 8.22. The van der Waals surface area contributed by atoms with Gasteiger partial charge in [-0.2, -0.15) is 0 Å². The predicted molar refractivity (Wildman–Crippen MR) is 68.1 cm³/mol. The minimum absolute atomic E-state index is 0.168. The molecule has 2 heterocycles. The third-order valence-corrected chi connectivity index (χ3v) is 3.38. The summed E-state index contributed by atoms with van der Waals surface area (Å²) in [5.41, 5.74) is 2.20. The number of rotatable bonds is 1. The molecule has 17 heavy (non-hydrogen) atoms. The first kappa shape index (κ1) is 10.4. The van der Waals surface area contributed by atoms with E-state index in [4.69, 9.17) is 12.2 Å². The second-order valence-electron chi connectivity index (χ2n) is 3.36. The molecule has 0 spiro atoms. The molecule has 0 aliphatic carbocycles. The van der Waals surface area contributed by atoms with Crippen molar-refractivity contribution in [1.82, 2.24) is 15.6 Å². The molecule has 0 saturated carbocycles. The number of nitrogens with zero attached hydrogens (tertiary/aromatic N) is 2. The van der Waals surface area contributed by atoms with Gasteiger partial charge in [0.25, 0.3) is 5.91 Å². The van der Waals surface area contributed by atoms with Crippen molar-refractivity contribution in [2.24, 2.45) is 0 Å². The van der Waals surface area contributed by atoms with Gasteiger partial charge in [-0.25, -0.2) is 4.63 Å². The lowest BCUT2D eigenvalue weighted by Gasteiger charge is -1.93. The Balaban J connectivity index is 2.01. The van der Waals surface area contributed by atoms with E-state index in [0.29, 0.717) is 20.3 Å². The largest absolute Gasteiger partial charge is 0.307 e. The number of fused-ring (bicyclic) bond motifs is 1. The van der Waals surface area contributed by atoms with Gasteiger partial charge in [0.05, 0.1) is 4.91 Å². The number of thiocarbonyl (C=S) groups is 1. The molecule has 0 atom stereocenters. The molecular formula is C10H5N3O2S2. The van der Waals surface area contributed by atoms with Gasteiger partial charge < -0.3 is 5.32 Å². The number of nitrogens with one attached hydrogen (secondary N) is 1. The minimum Gasteiger partial charge on any atom is -0.307 e. The van der Waals surface area contributed by atoms with Crippen LogP contribution in [0.1, 0.15) is 5.56 Å². The molecule has 3 rings (SSSR count). The van der Waals surface area contributed by atoms with Gasteiger partial charge in [0.2, 0.25) is 0 Å². The summed E-state index contributed by atoms with van der Waals surface area (Å²) in [6, 6.07) is 5.43. The van der Waals surface area contributed by atoms with Crippen molar-refractivity contribution >= 4 is 51.3 Å². The highest BCUT2D eigenvalue weighted by Gasteiger charge is 2.21. The first-order valence-electron chi connectivity index (χ1n) is 4.69. The molecule has 0 unspecified atom stereocenters. The molecule has 1 aromatic carbocycles. The molecular weight excluding hydrogens is 258 g/mol. The third-order valence-electron chi connectivity index (χ3n) is 2.22. The van der Waals surface area contributed by atoms with Crippen LogP contribution in [0, 0.1) is 0 Å². The number of hydrogen-bond donors (Lipinski definition) is 1. The van der Waals surface area contributed by atoms with Crippen LogP contribution < -0.4 is 5.32 Å². The smallest absolute Gasteiger partial charge is 0.263 e. The van der Waals surface area contributed by atoms with Crippen LogP contribution in [0.15, 0.2) is 27.7 Å². The molecule has 1 saturated heterocycles. The fourth-order valence-electron chi connectivity index (χ4n) is 1.46. The molecule has 84 valence electrons. The van der Waals surface area contributed by atoms with Crippen molar-refractivity contribution < 1.29 is 9.42 Å². The summed E-state index contributed by atoms with van der Waals surface area (Å²) in [6.07, 6.45) is 1.76. The number of amides is 1. The summed E-state index contributed by atoms with van der Waals surface area (Å²) in [6.45, 7) is 0. The Hall–Kier alpha value is -1.73. The second-order valence-corrected chi connectivity index (χ2v) is 5.08.